The van der Waals surface area contributed by atoms with E-state index in [1.807, 2.05) is 13.8 Å². The first-order valence-corrected chi connectivity index (χ1v) is 6.99. The Labute approximate surface area is 106 Å². The third-order valence-electron chi connectivity index (χ3n) is 3.70. The van der Waals surface area contributed by atoms with Crippen LogP contribution in [0.4, 0.5) is 0 Å². The Morgan fingerprint density at radius 1 is 1.00 bits per heavy atom. The number of ketones is 2. The van der Waals surface area contributed by atoms with Gasteiger partial charge in [0.05, 0.1) is 6.42 Å². The molecule has 0 bridgehead atoms. The third-order valence-corrected chi connectivity index (χ3v) is 3.70. The van der Waals surface area contributed by atoms with Gasteiger partial charge >= 0.3 is 0 Å². The molecule has 0 radical (unpaired) electrons. The monoisotopic (exact) mass is 240 g/mol. The summed E-state index contributed by atoms with van der Waals surface area (Å²) in [5, 5.41) is 0. The number of hydrogen-bond donors (Lipinski definition) is 0. The van der Waals surface area contributed by atoms with Crippen LogP contribution in [0.2, 0.25) is 0 Å². The maximum Gasteiger partial charge on any atom is 0.146 e. The fraction of sp³-hybridized carbons (Fsp3) is 0.867. The third kappa shape index (κ3) is 6.60. The van der Waals surface area contributed by atoms with E-state index in [1.165, 1.54) is 32.6 Å². The Bertz CT molecular complexity index is 245. The first-order chi connectivity index (χ1) is 7.96. The second-order valence-corrected chi connectivity index (χ2v) is 5.38. The lowest BCUT2D eigenvalue weighted by atomic mass is 9.76. The van der Waals surface area contributed by atoms with Crippen molar-refractivity contribution in [3.63, 3.8) is 0 Å². The molecule has 0 aromatic heterocycles. The average molecular weight is 240 g/mol. The Kier molecular flexibility index (Phi) is 8.11. The number of carbonyl (C=O) groups is 2. The van der Waals surface area contributed by atoms with Gasteiger partial charge in [-0.15, -0.1) is 0 Å². The van der Waals surface area contributed by atoms with Crippen molar-refractivity contribution in [3.05, 3.63) is 0 Å². The summed E-state index contributed by atoms with van der Waals surface area (Å²) in [4.78, 5) is 23.0. The first kappa shape index (κ1) is 16.3. The van der Waals surface area contributed by atoms with E-state index in [0.717, 1.165) is 19.3 Å². The number of hydrogen-bond acceptors (Lipinski definition) is 2. The molecule has 0 N–H and O–H groups in total. The lowest BCUT2D eigenvalue weighted by molar-refractivity contribution is -0.132. The van der Waals surface area contributed by atoms with Crippen molar-refractivity contribution in [3.8, 4) is 0 Å². The highest BCUT2D eigenvalue weighted by atomic mass is 16.1. The second kappa shape index (κ2) is 8.43. The van der Waals surface area contributed by atoms with E-state index in [1.54, 1.807) is 0 Å². The molecule has 2 nitrogen and oxygen atoms in total. The molecule has 100 valence electrons. The molecule has 0 saturated heterocycles. The fourth-order valence-electron chi connectivity index (χ4n) is 2.07. The van der Waals surface area contributed by atoms with Crippen LogP contribution in [0.1, 0.15) is 79.1 Å². The minimum atomic E-state index is -0.280. The topological polar surface area (TPSA) is 34.1 Å². The van der Waals surface area contributed by atoms with Crippen LogP contribution in [-0.4, -0.2) is 11.6 Å². The minimum absolute atomic E-state index is 0.0133. The van der Waals surface area contributed by atoms with E-state index in [4.69, 9.17) is 0 Å². The van der Waals surface area contributed by atoms with E-state index in [9.17, 15) is 9.59 Å². The molecule has 0 spiro atoms. The molecule has 0 aromatic carbocycles. The number of Topliss-reactive ketones (excluding diaryl/α,β-unsaturated/α-hetero) is 2. The molecule has 0 aromatic rings. The van der Waals surface area contributed by atoms with Gasteiger partial charge in [-0.05, 0) is 19.8 Å². The molecule has 0 heterocycles. The summed E-state index contributed by atoms with van der Waals surface area (Å²) >= 11 is 0. The molecule has 1 atom stereocenters. The molecule has 17 heavy (non-hydrogen) atoms. The molecule has 0 saturated carbocycles. The number of carbonyl (C=O) groups excluding carboxylic acids is 2. The molecule has 0 aliphatic heterocycles. The van der Waals surface area contributed by atoms with Gasteiger partial charge in [-0.3, -0.25) is 9.59 Å². The Morgan fingerprint density at radius 3 is 2.06 bits per heavy atom. The van der Waals surface area contributed by atoms with Gasteiger partial charge in [0.15, 0.2) is 0 Å². The van der Waals surface area contributed by atoms with Crippen molar-refractivity contribution in [2.24, 2.45) is 5.41 Å². The van der Waals surface area contributed by atoms with Crippen LogP contribution >= 0.6 is 0 Å². The van der Waals surface area contributed by atoms with Gasteiger partial charge < -0.3 is 0 Å². The molecule has 0 amide bonds. The fourth-order valence-corrected chi connectivity index (χ4v) is 2.07. The Morgan fingerprint density at radius 2 is 1.59 bits per heavy atom. The predicted molar refractivity (Wildman–Crippen MR) is 72.1 cm³/mol. The standard InChI is InChI=1S/C15H28O2/c1-5-7-8-9-10-11-15(4,6-2)14(17)12-13(3)16/h5-12H2,1-4H3. The van der Waals surface area contributed by atoms with Crippen LogP contribution in [-0.2, 0) is 9.59 Å². The molecular formula is C15H28O2. The summed E-state index contributed by atoms with van der Waals surface area (Å²) in [5.41, 5.74) is -0.280. The van der Waals surface area contributed by atoms with Gasteiger partial charge in [-0.25, -0.2) is 0 Å². The van der Waals surface area contributed by atoms with E-state index < -0.39 is 0 Å². The van der Waals surface area contributed by atoms with Crippen LogP contribution in [0.25, 0.3) is 0 Å². The lowest BCUT2D eigenvalue weighted by Gasteiger charge is -2.26. The van der Waals surface area contributed by atoms with Crippen molar-refractivity contribution in [2.75, 3.05) is 0 Å². The summed E-state index contributed by atoms with van der Waals surface area (Å²) in [6, 6.07) is 0. The molecule has 0 aliphatic rings. The SMILES string of the molecule is CCCCCCCC(C)(CC)C(=O)CC(C)=O. The normalized spacial score (nSPS) is 14.4. The maximum absolute atomic E-state index is 12.0. The average Bonchev–Trinajstić information content (AvgIpc) is 2.27. The zero-order valence-electron chi connectivity index (χ0n) is 12.0. The van der Waals surface area contributed by atoms with Crippen LogP contribution in [0.15, 0.2) is 0 Å². The van der Waals surface area contributed by atoms with Gasteiger partial charge in [0, 0.05) is 5.41 Å². The van der Waals surface area contributed by atoms with Gasteiger partial charge in [-0.2, -0.15) is 0 Å². The highest BCUT2D eigenvalue weighted by Crippen LogP contribution is 2.31. The summed E-state index contributed by atoms with van der Waals surface area (Å²) in [5.74, 6) is 0.114. The predicted octanol–water partition coefficient (Wildman–Crippen LogP) is 4.31. The van der Waals surface area contributed by atoms with Gasteiger partial charge in [0.25, 0.3) is 0 Å². The van der Waals surface area contributed by atoms with Crippen LogP contribution < -0.4 is 0 Å². The van der Waals surface area contributed by atoms with Crippen LogP contribution in [0, 0.1) is 5.41 Å². The number of unbranched alkanes of at least 4 members (excludes halogenated alkanes) is 4. The molecule has 0 fully saturated rings. The van der Waals surface area contributed by atoms with Crippen LogP contribution in [0.3, 0.4) is 0 Å². The molecule has 0 rings (SSSR count). The second-order valence-electron chi connectivity index (χ2n) is 5.38. The van der Waals surface area contributed by atoms with Crippen molar-refractivity contribution >= 4 is 11.6 Å². The summed E-state index contributed by atoms with van der Waals surface area (Å²) in [6.45, 7) is 7.75. The van der Waals surface area contributed by atoms with Crippen molar-refractivity contribution in [1.29, 1.82) is 0 Å². The molecule has 1 unspecified atom stereocenters. The van der Waals surface area contributed by atoms with Crippen molar-refractivity contribution in [1.82, 2.24) is 0 Å². The van der Waals surface area contributed by atoms with Crippen LogP contribution in [0.5, 0.6) is 0 Å². The summed E-state index contributed by atoms with van der Waals surface area (Å²) in [7, 11) is 0. The van der Waals surface area contributed by atoms with Crippen molar-refractivity contribution < 1.29 is 9.59 Å². The van der Waals surface area contributed by atoms with E-state index in [-0.39, 0.29) is 23.4 Å². The molecule has 2 heteroatoms. The quantitative estimate of drug-likeness (QED) is 0.421. The summed E-state index contributed by atoms with van der Waals surface area (Å²) < 4.78 is 0. The maximum atomic E-state index is 12.0. The van der Waals surface area contributed by atoms with Gasteiger partial charge in [0.2, 0.25) is 0 Å². The van der Waals surface area contributed by atoms with Gasteiger partial charge in [0.1, 0.15) is 11.6 Å². The van der Waals surface area contributed by atoms with E-state index in [0.29, 0.717) is 0 Å². The van der Waals surface area contributed by atoms with Gasteiger partial charge in [-0.1, -0.05) is 52.9 Å². The summed E-state index contributed by atoms with van der Waals surface area (Å²) in [6.07, 6.45) is 7.98. The minimum Gasteiger partial charge on any atom is -0.300 e. The Balaban J connectivity index is 4.08. The highest BCUT2D eigenvalue weighted by molar-refractivity contribution is 6.00. The number of rotatable bonds is 10. The van der Waals surface area contributed by atoms with E-state index >= 15 is 0 Å². The zero-order valence-corrected chi connectivity index (χ0v) is 12.0. The van der Waals surface area contributed by atoms with E-state index in [2.05, 4.69) is 6.92 Å². The molecule has 0 aliphatic carbocycles. The van der Waals surface area contributed by atoms with Crippen molar-refractivity contribution in [2.45, 2.75) is 79.1 Å². The largest absolute Gasteiger partial charge is 0.300 e. The zero-order chi connectivity index (χ0) is 13.3. The highest BCUT2D eigenvalue weighted by Gasteiger charge is 2.30. The molecular weight excluding hydrogens is 212 g/mol. The Hall–Kier alpha value is -0.660. The first-order valence-electron chi connectivity index (χ1n) is 6.99. The smallest absolute Gasteiger partial charge is 0.146 e. The lowest BCUT2D eigenvalue weighted by Crippen LogP contribution is -2.28.